The highest BCUT2D eigenvalue weighted by atomic mass is 35.5. The fourth-order valence-corrected chi connectivity index (χ4v) is 2.86. The van der Waals surface area contributed by atoms with Crippen LogP contribution >= 0.6 is 11.6 Å². The molecule has 0 saturated carbocycles. The molecule has 0 radical (unpaired) electrons. The first-order valence-electron chi connectivity index (χ1n) is 8.04. The number of hydrogen-bond donors (Lipinski definition) is 0. The Morgan fingerprint density at radius 1 is 1.17 bits per heavy atom. The van der Waals surface area contributed by atoms with Crippen LogP contribution in [0.25, 0.3) is 0 Å². The van der Waals surface area contributed by atoms with Crippen LogP contribution in [-0.4, -0.2) is 32.6 Å². The number of carbonyl (C=O) groups excluding carboxylic acids is 1. The fraction of sp³-hybridized carbons (Fsp3) is 0.444. The first-order chi connectivity index (χ1) is 11.3. The van der Waals surface area contributed by atoms with Crippen LogP contribution < -0.4 is 0 Å². The van der Waals surface area contributed by atoms with Gasteiger partial charge >= 0.3 is 6.09 Å². The normalized spacial score (nSPS) is 12.5. The van der Waals surface area contributed by atoms with Crippen molar-refractivity contribution < 1.29 is 9.53 Å². The molecule has 130 valence electrons. The molecular weight excluding hydrogens is 326 g/mol. The summed E-state index contributed by atoms with van der Waals surface area (Å²) in [5.74, 6) is 0.590. The number of nitrogens with zero attached hydrogens (tertiary/aromatic N) is 3. The molecule has 0 bridgehead atoms. The van der Waals surface area contributed by atoms with Gasteiger partial charge in [0, 0.05) is 24.7 Å². The van der Waals surface area contributed by atoms with Crippen molar-refractivity contribution in [3.63, 3.8) is 0 Å². The molecule has 2 rings (SSSR count). The summed E-state index contributed by atoms with van der Waals surface area (Å²) in [5, 5.41) is 0.492. The quantitative estimate of drug-likeness (QED) is 0.802. The molecule has 0 aliphatic rings. The van der Waals surface area contributed by atoms with Gasteiger partial charge in [-0.1, -0.05) is 41.9 Å². The van der Waals surface area contributed by atoms with Crippen LogP contribution in [0.5, 0.6) is 0 Å². The number of halogens is 1. The number of rotatable bonds is 5. The highest BCUT2D eigenvalue weighted by Crippen LogP contribution is 2.28. The average molecular weight is 350 g/mol. The van der Waals surface area contributed by atoms with Crippen molar-refractivity contribution in [3.05, 3.63) is 53.1 Å². The van der Waals surface area contributed by atoms with Crippen LogP contribution in [0.3, 0.4) is 0 Å². The second-order valence-electron chi connectivity index (χ2n) is 6.27. The maximum absolute atomic E-state index is 12.7. The number of carbonyl (C=O) groups is 1. The molecule has 1 heterocycles. The number of benzene rings is 1. The Balaban J connectivity index is 2.37. The molecule has 0 aliphatic carbocycles. The Hall–Kier alpha value is -2.01. The number of imidazole rings is 1. The highest BCUT2D eigenvalue weighted by Gasteiger charge is 2.29. The van der Waals surface area contributed by atoms with Gasteiger partial charge in [0.25, 0.3) is 0 Å². The first kappa shape index (κ1) is 18.3. The van der Waals surface area contributed by atoms with Gasteiger partial charge in [0.1, 0.15) is 5.15 Å². The molecule has 5 nitrogen and oxygen atoms in total. The molecule has 0 spiro atoms. The van der Waals surface area contributed by atoms with Gasteiger partial charge in [-0.25, -0.2) is 9.78 Å². The van der Waals surface area contributed by atoms with E-state index >= 15 is 0 Å². The van der Waals surface area contributed by atoms with Crippen LogP contribution in [-0.2, 0) is 11.8 Å². The zero-order valence-corrected chi connectivity index (χ0v) is 15.5. The van der Waals surface area contributed by atoms with Crippen molar-refractivity contribution in [1.82, 2.24) is 14.5 Å². The Morgan fingerprint density at radius 3 is 2.21 bits per heavy atom. The lowest BCUT2D eigenvalue weighted by Gasteiger charge is -2.31. The second kappa shape index (κ2) is 7.71. The average Bonchev–Trinajstić information content (AvgIpc) is 2.85. The maximum atomic E-state index is 12.7. The molecule has 1 aromatic carbocycles. The van der Waals surface area contributed by atoms with E-state index in [-0.39, 0.29) is 18.2 Å². The SMILES string of the molecule is CC(C)N(C(=O)OC(c1ccccc1)c1ncc(Cl)n1C)C(C)C. The molecule has 1 unspecified atom stereocenters. The Bertz CT molecular complexity index is 675. The summed E-state index contributed by atoms with van der Waals surface area (Å²) in [7, 11) is 1.80. The van der Waals surface area contributed by atoms with Crippen molar-refractivity contribution in [2.45, 2.75) is 45.9 Å². The second-order valence-corrected chi connectivity index (χ2v) is 6.65. The van der Waals surface area contributed by atoms with Gasteiger partial charge in [0.15, 0.2) is 11.9 Å². The van der Waals surface area contributed by atoms with Crippen LogP contribution in [0.4, 0.5) is 4.79 Å². The van der Waals surface area contributed by atoms with E-state index in [1.54, 1.807) is 22.7 Å². The van der Waals surface area contributed by atoms with Gasteiger partial charge in [-0.3, -0.25) is 0 Å². The van der Waals surface area contributed by atoms with Gasteiger partial charge in [0.05, 0.1) is 6.20 Å². The Kier molecular flexibility index (Phi) is 5.89. The van der Waals surface area contributed by atoms with Crippen LogP contribution in [0.15, 0.2) is 36.5 Å². The third-order valence-corrected chi connectivity index (χ3v) is 4.20. The Morgan fingerprint density at radius 2 is 1.75 bits per heavy atom. The summed E-state index contributed by atoms with van der Waals surface area (Å²) >= 11 is 6.11. The van der Waals surface area contributed by atoms with E-state index in [1.165, 1.54) is 0 Å². The summed E-state index contributed by atoms with van der Waals surface area (Å²) in [6.07, 6.45) is 0.577. The lowest BCUT2D eigenvalue weighted by molar-refractivity contribution is 0.0543. The lowest BCUT2D eigenvalue weighted by Crippen LogP contribution is -2.43. The van der Waals surface area contributed by atoms with Gasteiger partial charge in [0.2, 0.25) is 0 Å². The summed E-state index contributed by atoms with van der Waals surface area (Å²) in [6.45, 7) is 7.87. The monoisotopic (exact) mass is 349 g/mol. The summed E-state index contributed by atoms with van der Waals surface area (Å²) in [6, 6.07) is 9.64. The minimum absolute atomic E-state index is 0.0406. The van der Waals surface area contributed by atoms with E-state index in [9.17, 15) is 4.79 Å². The van der Waals surface area contributed by atoms with Crippen molar-refractivity contribution in [3.8, 4) is 0 Å². The molecular formula is C18H24ClN3O2. The fourth-order valence-electron chi connectivity index (χ4n) is 2.72. The molecule has 24 heavy (non-hydrogen) atoms. The van der Waals surface area contributed by atoms with Crippen LogP contribution in [0.1, 0.15) is 45.2 Å². The first-order valence-corrected chi connectivity index (χ1v) is 8.41. The van der Waals surface area contributed by atoms with E-state index in [1.807, 2.05) is 58.0 Å². The van der Waals surface area contributed by atoms with Gasteiger partial charge in [-0.15, -0.1) is 0 Å². The third kappa shape index (κ3) is 3.90. The van der Waals surface area contributed by atoms with E-state index in [4.69, 9.17) is 16.3 Å². The number of hydrogen-bond acceptors (Lipinski definition) is 3. The summed E-state index contributed by atoms with van der Waals surface area (Å²) in [5.41, 5.74) is 0.851. The van der Waals surface area contributed by atoms with E-state index in [0.29, 0.717) is 11.0 Å². The van der Waals surface area contributed by atoms with E-state index in [0.717, 1.165) is 5.56 Å². The minimum Gasteiger partial charge on any atom is -0.433 e. The largest absolute Gasteiger partial charge is 0.433 e. The van der Waals surface area contributed by atoms with Gasteiger partial charge in [-0.05, 0) is 27.7 Å². The molecule has 1 amide bonds. The van der Waals surface area contributed by atoms with E-state index < -0.39 is 6.10 Å². The lowest BCUT2D eigenvalue weighted by atomic mass is 10.1. The molecule has 6 heteroatoms. The minimum atomic E-state index is -0.615. The topological polar surface area (TPSA) is 47.4 Å². The Labute approximate surface area is 148 Å². The predicted octanol–water partition coefficient (Wildman–Crippen LogP) is 4.42. The highest BCUT2D eigenvalue weighted by molar-refractivity contribution is 6.29. The summed E-state index contributed by atoms with van der Waals surface area (Å²) < 4.78 is 7.57. The van der Waals surface area contributed by atoms with Gasteiger partial charge < -0.3 is 14.2 Å². The molecule has 1 atom stereocenters. The van der Waals surface area contributed by atoms with Crippen LogP contribution in [0, 0.1) is 0 Å². The molecule has 0 saturated heterocycles. The molecule has 0 N–H and O–H groups in total. The number of amides is 1. The molecule has 0 aliphatic heterocycles. The third-order valence-electron chi connectivity index (χ3n) is 3.85. The zero-order chi connectivity index (χ0) is 17.9. The van der Waals surface area contributed by atoms with Crippen molar-refractivity contribution >= 4 is 17.7 Å². The van der Waals surface area contributed by atoms with Crippen molar-refractivity contribution in [2.75, 3.05) is 0 Å². The number of ether oxygens (including phenoxy) is 1. The van der Waals surface area contributed by atoms with Gasteiger partial charge in [-0.2, -0.15) is 0 Å². The zero-order valence-electron chi connectivity index (χ0n) is 14.7. The van der Waals surface area contributed by atoms with Crippen LogP contribution in [0.2, 0.25) is 5.15 Å². The van der Waals surface area contributed by atoms with Crippen molar-refractivity contribution in [1.29, 1.82) is 0 Å². The maximum Gasteiger partial charge on any atom is 0.411 e. The van der Waals surface area contributed by atoms with E-state index in [2.05, 4.69) is 4.98 Å². The molecule has 2 aromatic rings. The predicted molar refractivity (Wildman–Crippen MR) is 95.1 cm³/mol. The standard InChI is InChI=1S/C18H24ClN3O2/c1-12(2)22(13(3)4)18(23)24-16(14-9-7-6-8-10-14)17-20-11-15(19)21(17)5/h6-13,16H,1-5H3. The summed E-state index contributed by atoms with van der Waals surface area (Å²) in [4.78, 5) is 18.8. The smallest absolute Gasteiger partial charge is 0.411 e. The number of aromatic nitrogens is 2. The molecule has 0 fully saturated rings. The molecule has 1 aromatic heterocycles. The van der Waals surface area contributed by atoms with Crippen molar-refractivity contribution in [2.24, 2.45) is 7.05 Å².